The van der Waals surface area contributed by atoms with Crippen molar-refractivity contribution < 1.29 is 0 Å². The molecule has 2 heteroatoms. The van der Waals surface area contributed by atoms with Crippen LogP contribution in [0.1, 0.15) is 31.3 Å². The minimum absolute atomic E-state index is 0.219. The molecule has 0 radical (unpaired) electrons. The Hall–Kier alpha value is -1.15. The molecule has 1 aromatic carbocycles. The Bertz CT molecular complexity index is 474. The van der Waals surface area contributed by atoms with Crippen LogP contribution in [0.4, 0.5) is 0 Å². The van der Waals surface area contributed by atoms with Crippen LogP contribution in [0.3, 0.4) is 0 Å². The summed E-state index contributed by atoms with van der Waals surface area (Å²) < 4.78 is 0. The first-order valence-electron chi connectivity index (χ1n) is 5.50. The highest BCUT2D eigenvalue weighted by Crippen LogP contribution is 2.26. The van der Waals surface area contributed by atoms with Gasteiger partial charge in [-0.1, -0.05) is 45.0 Å². The van der Waals surface area contributed by atoms with Crippen molar-refractivity contribution in [2.24, 2.45) is 0 Å². The standard InChI is InChI=1S/C14H17NS/c1-10-15-13(9-16-10)11-5-7-12(8-6-11)14(2,3)4/h5-9H,1-4H3. The summed E-state index contributed by atoms with van der Waals surface area (Å²) in [5, 5.41) is 3.23. The van der Waals surface area contributed by atoms with Crippen LogP contribution in [0, 0.1) is 6.92 Å². The number of rotatable bonds is 1. The summed E-state index contributed by atoms with van der Waals surface area (Å²) in [7, 11) is 0. The van der Waals surface area contributed by atoms with E-state index in [2.05, 4.69) is 55.4 Å². The molecule has 0 aliphatic rings. The monoisotopic (exact) mass is 231 g/mol. The Labute approximate surface area is 101 Å². The van der Waals surface area contributed by atoms with Gasteiger partial charge in [0.25, 0.3) is 0 Å². The van der Waals surface area contributed by atoms with Gasteiger partial charge in [-0.3, -0.25) is 0 Å². The van der Waals surface area contributed by atoms with Crippen molar-refractivity contribution in [3.8, 4) is 11.3 Å². The van der Waals surface area contributed by atoms with Gasteiger partial charge in [-0.2, -0.15) is 0 Å². The maximum absolute atomic E-state index is 4.49. The van der Waals surface area contributed by atoms with E-state index >= 15 is 0 Å². The molecule has 0 unspecified atom stereocenters. The van der Waals surface area contributed by atoms with Gasteiger partial charge in [0.05, 0.1) is 10.7 Å². The van der Waals surface area contributed by atoms with Gasteiger partial charge in [0, 0.05) is 10.9 Å². The molecule has 84 valence electrons. The normalized spacial score (nSPS) is 11.8. The van der Waals surface area contributed by atoms with Crippen molar-refractivity contribution in [1.29, 1.82) is 0 Å². The van der Waals surface area contributed by atoms with Gasteiger partial charge in [0.1, 0.15) is 0 Å². The lowest BCUT2D eigenvalue weighted by atomic mass is 9.86. The first-order chi connectivity index (χ1) is 7.47. The quantitative estimate of drug-likeness (QED) is 0.708. The van der Waals surface area contributed by atoms with Gasteiger partial charge < -0.3 is 0 Å². The molecule has 0 aliphatic carbocycles. The van der Waals surface area contributed by atoms with Crippen molar-refractivity contribution in [2.75, 3.05) is 0 Å². The van der Waals surface area contributed by atoms with E-state index in [1.165, 1.54) is 11.1 Å². The van der Waals surface area contributed by atoms with Crippen LogP contribution in [0.15, 0.2) is 29.6 Å². The van der Waals surface area contributed by atoms with Crippen molar-refractivity contribution in [2.45, 2.75) is 33.1 Å². The molecule has 0 aliphatic heterocycles. The van der Waals surface area contributed by atoms with Crippen molar-refractivity contribution in [1.82, 2.24) is 4.98 Å². The number of hydrogen-bond acceptors (Lipinski definition) is 2. The van der Waals surface area contributed by atoms with Gasteiger partial charge in [-0.15, -0.1) is 11.3 Å². The van der Waals surface area contributed by atoms with Crippen LogP contribution in [0.5, 0.6) is 0 Å². The molecule has 2 rings (SSSR count). The second-order valence-electron chi connectivity index (χ2n) is 5.08. The fraction of sp³-hybridized carbons (Fsp3) is 0.357. The SMILES string of the molecule is Cc1nc(-c2ccc(C(C)(C)C)cc2)cs1. The number of hydrogen-bond donors (Lipinski definition) is 0. The maximum Gasteiger partial charge on any atom is 0.0901 e. The summed E-state index contributed by atoms with van der Waals surface area (Å²) in [5.41, 5.74) is 3.87. The van der Waals surface area contributed by atoms with Crippen LogP contribution in [-0.2, 0) is 5.41 Å². The highest BCUT2D eigenvalue weighted by Gasteiger charge is 2.13. The molecule has 0 amide bonds. The summed E-state index contributed by atoms with van der Waals surface area (Å²) in [5.74, 6) is 0. The predicted molar refractivity (Wildman–Crippen MR) is 71.0 cm³/mol. The average molecular weight is 231 g/mol. The topological polar surface area (TPSA) is 12.9 Å². The van der Waals surface area contributed by atoms with E-state index in [9.17, 15) is 0 Å². The Balaban J connectivity index is 2.33. The summed E-state index contributed by atoms with van der Waals surface area (Å²) in [4.78, 5) is 4.49. The fourth-order valence-electron chi connectivity index (χ4n) is 1.64. The molecule has 2 aromatic rings. The summed E-state index contributed by atoms with van der Waals surface area (Å²) in [6.07, 6.45) is 0. The molecule has 0 atom stereocenters. The van der Waals surface area contributed by atoms with Crippen LogP contribution >= 0.6 is 11.3 Å². The van der Waals surface area contributed by atoms with Gasteiger partial charge in [0.15, 0.2) is 0 Å². The summed E-state index contributed by atoms with van der Waals surface area (Å²) >= 11 is 1.70. The number of nitrogens with zero attached hydrogens (tertiary/aromatic N) is 1. The van der Waals surface area contributed by atoms with Crippen molar-refractivity contribution >= 4 is 11.3 Å². The third-order valence-electron chi connectivity index (χ3n) is 2.67. The fourth-order valence-corrected chi connectivity index (χ4v) is 2.26. The van der Waals surface area contributed by atoms with E-state index in [1.807, 2.05) is 6.92 Å². The minimum Gasteiger partial charge on any atom is -0.242 e. The zero-order valence-corrected chi connectivity index (χ0v) is 11.1. The zero-order chi connectivity index (χ0) is 11.8. The maximum atomic E-state index is 4.49. The number of aryl methyl sites for hydroxylation is 1. The molecule has 1 aromatic heterocycles. The third-order valence-corrected chi connectivity index (χ3v) is 3.44. The molecule has 1 nitrogen and oxygen atoms in total. The van der Waals surface area contributed by atoms with Gasteiger partial charge >= 0.3 is 0 Å². The van der Waals surface area contributed by atoms with E-state index in [4.69, 9.17) is 0 Å². The lowest BCUT2D eigenvalue weighted by Gasteiger charge is -2.18. The van der Waals surface area contributed by atoms with E-state index in [0.29, 0.717) is 0 Å². The van der Waals surface area contributed by atoms with Crippen molar-refractivity contribution in [3.63, 3.8) is 0 Å². The Morgan fingerprint density at radius 1 is 1.06 bits per heavy atom. The van der Waals surface area contributed by atoms with Crippen LogP contribution in [0.25, 0.3) is 11.3 Å². The lowest BCUT2D eigenvalue weighted by molar-refractivity contribution is 0.590. The average Bonchev–Trinajstić information content (AvgIpc) is 2.64. The molecule has 0 saturated carbocycles. The Morgan fingerprint density at radius 3 is 2.12 bits per heavy atom. The molecular formula is C14H17NS. The predicted octanol–water partition coefficient (Wildman–Crippen LogP) is 4.42. The van der Waals surface area contributed by atoms with E-state index in [0.717, 1.165) is 10.7 Å². The Morgan fingerprint density at radius 2 is 1.69 bits per heavy atom. The first kappa shape index (κ1) is 11.3. The van der Waals surface area contributed by atoms with Gasteiger partial charge in [0.2, 0.25) is 0 Å². The second kappa shape index (κ2) is 4.02. The molecule has 0 bridgehead atoms. The number of benzene rings is 1. The van der Waals surface area contributed by atoms with Crippen molar-refractivity contribution in [3.05, 3.63) is 40.2 Å². The summed E-state index contributed by atoms with van der Waals surface area (Å²) in [6.45, 7) is 8.73. The molecule has 0 fully saturated rings. The third kappa shape index (κ3) is 2.33. The van der Waals surface area contributed by atoms with Gasteiger partial charge in [-0.25, -0.2) is 4.98 Å². The van der Waals surface area contributed by atoms with Crippen LogP contribution < -0.4 is 0 Å². The molecular weight excluding hydrogens is 214 g/mol. The molecule has 0 spiro atoms. The highest BCUT2D eigenvalue weighted by atomic mass is 32.1. The zero-order valence-electron chi connectivity index (χ0n) is 10.2. The molecule has 0 N–H and O–H groups in total. The minimum atomic E-state index is 0.219. The molecule has 16 heavy (non-hydrogen) atoms. The van der Waals surface area contributed by atoms with E-state index < -0.39 is 0 Å². The molecule has 0 saturated heterocycles. The molecule has 1 heterocycles. The highest BCUT2D eigenvalue weighted by molar-refractivity contribution is 7.09. The smallest absolute Gasteiger partial charge is 0.0901 e. The number of aromatic nitrogens is 1. The Kier molecular flexibility index (Phi) is 2.85. The first-order valence-corrected chi connectivity index (χ1v) is 6.38. The van der Waals surface area contributed by atoms with Gasteiger partial charge in [-0.05, 0) is 17.9 Å². The second-order valence-corrected chi connectivity index (χ2v) is 6.14. The van der Waals surface area contributed by atoms with E-state index in [1.54, 1.807) is 11.3 Å². The van der Waals surface area contributed by atoms with Crippen LogP contribution in [0.2, 0.25) is 0 Å². The lowest BCUT2D eigenvalue weighted by Crippen LogP contribution is -2.10. The summed E-state index contributed by atoms with van der Waals surface area (Å²) in [6, 6.07) is 8.72. The van der Waals surface area contributed by atoms with E-state index in [-0.39, 0.29) is 5.41 Å². The number of thiazole rings is 1. The van der Waals surface area contributed by atoms with Crippen LogP contribution in [-0.4, -0.2) is 4.98 Å². The largest absolute Gasteiger partial charge is 0.242 e.